The lowest BCUT2D eigenvalue weighted by molar-refractivity contribution is -0.0802. The van der Waals surface area contributed by atoms with E-state index >= 15 is 0 Å². The van der Waals surface area contributed by atoms with Gasteiger partial charge in [-0.25, -0.2) is 19.9 Å². The summed E-state index contributed by atoms with van der Waals surface area (Å²) in [6, 6.07) is 0. The van der Waals surface area contributed by atoms with Gasteiger partial charge in [0.1, 0.15) is 5.60 Å². The second kappa shape index (κ2) is 5.86. The van der Waals surface area contributed by atoms with Gasteiger partial charge in [-0.05, 0) is 24.8 Å². The van der Waals surface area contributed by atoms with Crippen molar-refractivity contribution in [2.75, 3.05) is 37.4 Å². The van der Waals surface area contributed by atoms with Gasteiger partial charge in [-0.2, -0.15) is 0 Å². The predicted octanol–water partition coefficient (Wildman–Crippen LogP) is 0.926. The summed E-state index contributed by atoms with van der Waals surface area (Å²) in [5.41, 5.74) is 7.53. The maximum Gasteiger partial charge on any atom is 0.225 e. The van der Waals surface area contributed by atoms with Crippen molar-refractivity contribution in [3.8, 4) is 5.75 Å². The van der Waals surface area contributed by atoms with Gasteiger partial charge in [0.2, 0.25) is 11.9 Å². The third kappa shape index (κ3) is 2.52. The molecule has 2 aliphatic heterocycles. The van der Waals surface area contributed by atoms with Crippen LogP contribution in [0.15, 0.2) is 18.6 Å². The van der Waals surface area contributed by atoms with Crippen molar-refractivity contribution in [1.82, 2.24) is 19.9 Å². The van der Waals surface area contributed by atoms with Crippen LogP contribution in [-0.4, -0.2) is 46.7 Å². The number of nitrogens with two attached hydrogens (primary N) is 1. The molecule has 8 heteroatoms. The lowest BCUT2D eigenvalue weighted by Crippen LogP contribution is -2.47. The Morgan fingerprint density at radius 2 is 1.92 bits per heavy atom. The van der Waals surface area contributed by atoms with E-state index in [0.717, 1.165) is 43.6 Å². The summed E-state index contributed by atoms with van der Waals surface area (Å²) >= 11 is 0. The number of hydrogen-bond donors (Lipinski definition) is 1. The number of nitrogens with zero attached hydrogens (tertiary/aromatic N) is 5. The van der Waals surface area contributed by atoms with Gasteiger partial charge in [0.15, 0.2) is 5.75 Å². The molecule has 0 aromatic carbocycles. The molecule has 2 N–H and O–H groups in total. The number of fused-ring (bicyclic) bond motifs is 2. The molecular formula is C16H20N6O2. The van der Waals surface area contributed by atoms with Crippen LogP contribution in [0.5, 0.6) is 5.75 Å². The first-order valence-electron chi connectivity index (χ1n) is 8.07. The van der Waals surface area contributed by atoms with E-state index < -0.39 is 0 Å². The van der Waals surface area contributed by atoms with E-state index in [9.17, 15) is 0 Å². The zero-order valence-corrected chi connectivity index (χ0v) is 13.6. The summed E-state index contributed by atoms with van der Waals surface area (Å²) in [6.07, 6.45) is 7.70. The fraction of sp³-hybridized carbons (Fsp3) is 0.500. The number of rotatable bonds is 2. The van der Waals surface area contributed by atoms with Crippen LogP contribution in [0, 0.1) is 0 Å². The monoisotopic (exact) mass is 328 g/mol. The molecule has 2 aliphatic rings. The van der Waals surface area contributed by atoms with E-state index in [1.165, 1.54) is 0 Å². The number of anilines is 2. The van der Waals surface area contributed by atoms with Gasteiger partial charge in [-0.3, -0.25) is 0 Å². The minimum absolute atomic E-state index is 0.305. The molecule has 2 aromatic rings. The molecule has 1 saturated heterocycles. The maximum absolute atomic E-state index is 6.18. The summed E-state index contributed by atoms with van der Waals surface area (Å²) in [7, 11) is 1.61. The van der Waals surface area contributed by atoms with Crippen molar-refractivity contribution in [1.29, 1.82) is 0 Å². The van der Waals surface area contributed by atoms with Gasteiger partial charge in [0.05, 0.1) is 31.8 Å². The van der Waals surface area contributed by atoms with E-state index in [-0.39, 0.29) is 5.60 Å². The van der Waals surface area contributed by atoms with Crippen LogP contribution in [0.4, 0.5) is 11.9 Å². The molecule has 4 rings (SSSR count). The zero-order chi connectivity index (χ0) is 16.6. The number of methoxy groups -OCH3 is 1. The third-order valence-corrected chi connectivity index (χ3v) is 4.77. The highest BCUT2D eigenvalue weighted by atomic mass is 16.5. The average Bonchev–Trinajstić information content (AvgIpc) is 2.63. The van der Waals surface area contributed by atoms with E-state index in [1.54, 1.807) is 19.5 Å². The van der Waals surface area contributed by atoms with Gasteiger partial charge in [-0.1, -0.05) is 0 Å². The standard InChI is InChI=1S/C16H20N6O2/c1-23-12-9-19-15(20-10-12)22-5-3-16(4-6-22)13-11(2-7-24-16)8-18-14(17)21-13/h8-10H,2-7H2,1H3,(H2,17,18,21). The first-order chi connectivity index (χ1) is 11.7. The Bertz CT molecular complexity index is 728. The first kappa shape index (κ1) is 15.1. The van der Waals surface area contributed by atoms with Crippen molar-refractivity contribution in [3.05, 3.63) is 29.8 Å². The average molecular weight is 328 g/mol. The summed E-state index contributed by atoms with van der Waals surface area (Å²) < 4.78 is 11.3. The number of ether oxygens (including phenoxy) is 2. The van der Waals surface area contributed by atoms with Crippen molar-refractivity contribution in [2.24, 2.45) is 0 Å². The topological polar surface area (TPSA) is 99.3 Å². The fourth-order valence-electron chi connectivity index (χ4n) is 3.45. The van der Waals surface area contributed by atoms with Crippen LogP contribution in [0.1, 0.15) is 24.1 Å². The Morgan fingerprint density at radius 1 is 1.17 bits per heavy atom. The van der Waals surface area contributed by atoms with E-state index in [4.69, 9.17) is 15.2 Å². The van der Waals surface area contributed by atoms with Crippen LogP contribution in [0.25, 0.3) is 0 Å². The molecule has 0 bridgehead atoms. The van der Waals surface area contributed by atoms with E-state index in [2.05, 4.69) is 24.8 Å². The molecule has 0 unspecified atom stereocenters. The molecule has 2 aromatic heterocycles. The van der Waals surface area contributed by atoms with Crippen LogP contribution >= 0.6 is 0 Å². The number of nitrogen functional groups attached to an aromatic ring is 1. The summed E-state index contributed by atoms with van der Waals surface area (Å²) in [5, 5.41) is 0. The predicted molar refractivity (Wildman–Crippen MR) is 87.8 cm³/mol. The largest absolute Gasteiger partial charge is 0.494 e. The number of hydrogen-bond acceptors (Lipinski definition) is 8. The Morgan fingerprint density at radius 3 is 2.62 bits per heavy atom. The van der Waals surface area contributed by atoms with Gasteiger partial charge in [0, 0.05) is 19.3 Å². The zero-order valence-electron chi connectivity index (χ0n) is 13.6. The smallest absolute Gasteiger partial charge is 0.225 e. The van der Waals surface area contributed by atoms with Crippen molar-refractivity contribution in [2.45, 2.75) is 24.9 Å². The fourth-order valence-corrected chi connectivity index (χ4v) is 3.45. The molecule has 126 valence electrons. The highest BCUT2D eigenvalue weighted by Gasteiger charge is 2.42. The Hall–Kier alpha value is -2.48. The molecule has 1 fully saturated rings. The van der Waals surface area contributed by atoms with Crippen molar-refractivity contribution < 1.29 is 9.47 Å². The number of piperidine rings is 1. The Kier molecular flexibility index (Phi) is 3.68. The van der Waals surface area contributed by atoms with Crippen molar-refractivity contribution >= 4 is 11.9 Å². The van der Waals surface area contributed by atoms with Crippen LogP contribution in [-0.2, 0) is 16.8 Å². The highest BCUT2D eigenvalue weighted by molar-refractivity contribution is 5.36. The van der Waals surface area contributed by atoms with Crippen molar-refractivity contribution in [3.63, 3.8) is 0 Å². The quantitative estimate of drug-likeness (QED) is 0.869. The highest BCUT2D eigenvalue weighted by Crippen LogP contribution is 2.40. The van der Waals surface area contributed by atoms with Gasteiger partial charge in [0.25, 0.3) is 0 Å². The SMILES string of the molecule is COc1cnc(N2CCC3(CC2)OCCc2cnc(N)nc23)nc1. The molecule has 8 nitrogen and oxygen atoms in total. The lowest BCUT2D eigenvalue weighted by Gasteiger charge is -2.43. The molecule has 24 heavy (non-hydrogen) atoms. The van der Waals surface area contributed by atoms with Crippen LogP contribution in [0.3, 0.4) is 0 Å². The Labute approximate surface area is 140 Å². The molecule has 0 radical (unpaired) electrons. The third-order valence-electron chi connectivity index (χ3n) is 4.77. The van der Waals surface area contributed by atoms with E-state index in [0.29, 0.717) is 24.3 Å². The first-order valence-corrected chi connectivity index (χ1v) is 8.07. The molecule has 0 aliphatic carbocycles. The van der Waals surface area contributed by atoms with Gasteiger partial charge in [-0.15, -0.1) is 0 Å². The van der Waals surface area contributed by atoms with Gasteiger partial charge >= 0.3 is 0 Å². The van der Waals surface area contributed by atoms with E-state index in [1.807, 2.05) is 6.20 Å². The molecular weight excluding hydrogens is 308 g/mol. The minimum Gasteiger partial charge on any atom is -0.494 e. The molecule has 4 heterocycles. The minimum atomic E-state index is -0.367. The second-order valence-electron chi connectivity index (χ2n) is 6.10. The lowest BCUT2D eigenvalue weighted by atomic mass is 9.83. The molecule has 1 spiro atoms. The summed E-state index contributed by atoms with van der Waals surface area (Å²) in [6.45, 7) is 2.30. The normalized spacial score (nSPS) is 19.1. The van der Waals surface area contributed by atoms with Crippen LogP contribution in [0.2, 0.25) is 0 Å². The Balaban J connectivity index is 1.55. The number of aromatic nitrogens is 4. The van der Waals surface area contributed by atoms with Gasteiger partial charge < -0.3 is 20.1 Å². The molecule has 0 saturated carbocycles. The molecule has 0 amide bonds. The second-order valence-corrected chi connectivity index (χ2v) is 6.10. The summed E-state index contributed by atoms with van der Waals surface area (Å²) in [5.74, 6) is 1.67. The maximum atomic E-state index is 6.18. The molecule has 0 atom stereocenters. The van der Waals surface area contributed by atoms with Crippen LogP contribution < -0.4 is 15.4 Å². The summed E-state index contributed by atoms with van der Waals surface area (Å²) in [4.78, 5) is 19.5.